The Morgan fingerprint density at radius 2 is 2.05 bits per heavy atom. The number of aromatic nitrogens is 3. The van der Waals surface area contributed by atoms with Gasteiger partial charge in [0.05, 0.1) is 0 Å². The third-order valence-electron chi connectivity index (χ3n) is 2.30. The van der Waals surface area contributed by atoms with Gasteiger partial charge in [0, 0.05) is 13.0 Å². The van der Waals surface area contributed by atoms with Gasteiger partial charge in [-0.15, -0.1) is 10.2 Å². The molecule has 3 N–H and O–H groups in total. The molecule has 1 rings (SSSR count). The number of carboxylic acid groups (broad SMARTS) is 1. The molecule has 0 aliphatic heterocycles. The van der Waals surface area contributed by atoms with Crippen molar-refractivity contribution in [2.75, 3.05) is 12.3 Å². The van der Waals surface area contributed by atoms with Crippen LogP contribution >= 0.6 is 0 Å². The molecule has 0 aliphatic carbocycles. The lowest BCUT2D eigenvalue weighted by molar-refractivity contribution is -0.134. The van der Waals surface area contributed by atoms with Crippen LogP contribution in [0.5, 0.6) is 0 Å². The molecule has 0 spiro atoms. The Labute approximate surface area is 111 Å². The highest BCUT2D eigenvalue weighted by atomic mass is 32.2. The zero-order valence-corrected chi connectivity index (χ0v) is 11.7. The fraction of sp³-hybridized carbons (Fsp3) is 0.700. The van der Waals surface area contributed by atoms with Crippen molar-refractivity contribution in [2.24, 2.45) is 11.7 Å². The zero-order chi connectivity index (χ0) is 14.6. The van der Waals surface area contributed by atoms with E-state index in [4.69, 9.17) is 10.8 Å². The summed E-state index contributed by atoms with van der Waals surface area (Å²) in [6.45, 7) is 4.55. The molecule has 0 fully saturated rings. The van der Waals surface area contributed by atoms with Crippen molar-refractivity contribution in [3.05, 3.63) is 5.82 Å². The molecular formula is C10H18N4O4S. The number of nitrogens with two attached hydrogens (primary N) is 1. The second kappa shape index (κ2) is 6.11. The molecule has 0 radical (unpaired) electrons. The maximum absolute atomic E-state index is 11.9. The summed E-state index contributed by atoms with van der Waals surface area (Å²) in [4.78, 5) is 10.6. The monoisotopic (exact) mass is 290 g/mol. The summed E-state index contributed by atoms with van der Waals surface area (Å²) in [5, 5.41) is 15.7. The van der Waals surface area contributed by atoms with E-state index in [1.807, 2.05) is 13.8 Å². The number of hydrogen-bond acceptors (Lipinski definition) is 6. The van der Waals surface area contributed by atoms with E-state index < -0.39 is 21.6 Å². The number of carboxylic acids is 1. The molecule has 0 aromatic carbocycles. The average Bonchev–Trinajstić information content (AvgIpc) is 2.60. The summed E-state index contributed by atoms with van der Waals surface area (Å²) in [7, 11) is -3.98. The summed E-state index contributed by atoms with van der Waals surface area (Å²) < 4.78 is 25.3. The Morgan fingerprint density at radius 1 is 1.42 bits per heavy atom. The Balaban J connectivity index is 3.23. The topological polar surface area (TPSA) is 128 Å². The van der Waals surface area contributed by atoms with Gasteiger partial charge >= 0.3 is 5.97 Å². The van der Waals surface area contributed by atoms with Gasteiger partial charge in [-0.2, -0.15) is 0 Å². The lowest BCUT2D eigenvalue weighted by atomic mass is 10.2. The predicted molar refractivity (Wildman–Crippen MR) is 67.3 cm³/mol. The maximum Gasteiger partial charge on any atom is 0.319 e. The molecule has 0 bridgehead atoms. The van der Waals surface area contributed by atoms with Gasteiger partial charge in [-0.05, 0) is 12.5 Å². The second-order valence-corrected chi connectivity index (χ2v) is 6.48. The number of carbonyl (C=O) groups is 1. The molecule has 0 saturated heterocycles. The van der Waals surface area contributed by atoms with Crippen molar-refractivity contribution in [3.8, 4) is 0 Å². The van der Waals surface area contributed by atoms with Gasteiger partial charge in [-0.3, -0.25) is 4.79 Å². The number of nitrogens with zero attached hydrogens (tertiary/aromatic N) is 3. The van der Waals surface area contributed by atoms with Gasteiger partial charge < -0.3 is 15.4 Å². The van der Waals surface area contributed by atoms with Crippen LogP contribution in [-0.2, 0) is 27.6 Å². The molecule has 108 valence electrons. The Morgan fingerprint density at radius 3 is 2.53 bits per heavy atom. The number of hydrogen-bond donors (Lipinski definition) is 2. The van der Waals surface area contributed by atoms with Crippen LogP contribution in [0.25, 0.3) is 0 Å². The number of rotatable bonds is 7. The molecule has 0 unspecified atom stereocenters. The normalized spacial score (nSPS) is 12.0. The minimum absolute atomic E-state index is 0.173. The van der Waals surface area contributed by atoms with Gasteiger partial charge in [-0.1, -0.05) is 13.8 Å². The van der Waals surface area contributed by atoms with Crippen LogP contribution in [0, 0.1) is 5.92 Å². The highest BCUT2D eigenvalue weighted by Crippen LogP contribution is 2.14. The van der Waals surface area contributed by atoms with Gasteiger partial charge in [0.25, 0.3) is 0 Å². The van der Waals surface area contributed by atoms with Crippen LogP contribution in [0.1, 0.15) is 19.7 Å². The molecule has 1 heterocycles. The second-order valence-electron chi connectivity index (χ2n) is 4.59. The highest BCUT2D eigenvalue weighted by molar-refractivity contribution is 7.91. The maximum atomic E-state index is 11.9. The van der Waals surface area contributed by atoms with Crippen molar-refractivity contribution in [2.45, 2.75) is 32.0 Å². The van der Waals surface area contributed by atoms with Crippen LogP contribution in [0.15, 0.2) is 5.16 Å². The van der Waals surface area contributed by atoms with Crippen molar-refractivity contribution in [1.29, 1.82) is 0 Å². The van der Waals surface area contributed by atoms with Gasteiger partial charge in [0.2, 0.25) is 15.0 Å². The largest absolute Gasteiger partial charge is 0.480 e. The third-order valence-corrected chi connectivity index (χ3v) is 3.79. The Bertz CT molecular complexity index is 550. The predicted octanol–water partition coefficient (Wildman–Crippen LogP) is -0.706. The molecule has 1 aromatic heterocycles. The number of aliphatic carboxylic acids is 1. The molecule has 9 heteroatoms. The first-order valence-corrected chi connectivity index (χ1v) is 7.50. The fourth-order valence-corrected chi connectivity index (χ4v) is 2.77. The minimum atomic E-state index is -3.98. The van der Waals surface area contributed by atoms with Crippen LogP contribution in [-0.4, -0.2) is 46.6 Å². The summed E-state index contributed by atoms with van der Waals surface area (Å²) in [5.74, 6) is -1.78. The Hall–Kier alpha value is -1.48. The molecule has 0 atom stereocenters. The highest BCUT2D eigenvalue weighted by Gasteiger charge is 2.27. The zero-order valence-electron chi connectivity index (χ0n) is 10.9. The fourth-order valence-electron chi connectivity index (χ4n) is 1.64. The molecule has 1 aromatic rings. The molecule has 19 heavy (non-hydrogen) atoms. The van der Waals surface area contributed by atoms with Crippen LogP contribution in [0.2, 0.25) is 0 Å². The summed E-state index contributed by atoms with van der Waals surface area (Å²) in [6.07, 6.45) is 0.391. The van der Waals surface area contributed by atoms with E-state index in [0.717, 1.165) is 0 Å². The van der Waals surface area contributed by atoms with E-state index in [0.29, 0.717) is 25.3 Å². The summed E-state index contributed by atoms with van der Waals surface area (Å²) in [5.41, 5.74) is 5.43. The first-order valence-electron chi connectivity index (χ1n) is 5.84. The van der Waals surface area contributed by atoms with Gasteiger partial charge in [-0.25, -0.2) is 8.42 Å². The van der Waals surface area contributed by atoms with E-state index in [-0.39, 0.29) is 11.1 Å². The molecule has 0 aliphatic rings. The lowest BCUT2D eigenvalue weighted by Gasteiger charge is -2.11. The third kappa shape index (κ3) is 4.00. The SMILES string of the molecule is CC(C)Cn1c(CCN)nnc1S(=O)(=O)CC(=O)O. The van der Waals surface area contributed by atoms with Gasteiger partial charge in [0.15, 0.2) is 5.75 Å². The van der Waals surface area contributed by atoms with E-state index >= 15 is 0 Å². The van der Waals surface area contributed by atoms with E-state index in [1.54, 1.807) is 0 Å². The molecule has 0 amide bonds. The summed E-state index contributed by atoms with van der Waals surface area (Å²) >= 11 is 0. The minimum Gasteiger partial charge on any atom is -0.480 e. The van der Waals surface area contributed by atoms with Crippen LogP contribution in [0.3, 0.4) is 0 Å². The van der Waals surface area contributed by atoms with Crippen molar-refractivity contribution < 1.29 is 18.3 Å². The smallest absolute Gasteiger partial charge is 0.319 e. The summed E-state index contributed by atoms with van der Waals surface area (Å²) in [6, 6.07) is 0. The van der Waals surface area contributed by atoms with Crippen LogP contribution < -0.4 is 5.73 Å². The number of sulfone groups is 1. The average molecular weight is 290 g/mol. The van der Waals surface area contributed by atoms with Crippen molar-refractivity contribution in [3.63, 3.8) is 0 Å². The first kappa shape index (κ1) is 15.6. The first-order chi connectivity index (χ1) is 8.77. The van der Waals surface area contributed by atoms with Crippen LogP contribution in [0.4, 0.5) is 0 Å². The lowest BCUT2D eigenvalue weighted by Crippen LogP contribution is -2.22. The van der Waals surface area contributed by atoms with E-state index in [2.05, 4.69) is 10.2 Å². The Kier molecular flexibility index (Phi) is 5.01. The van der Waals surface area contributed by atoms with Crippen molar-refractivity contribution >= 4 is 15.8 Å². The van der Waals surface area contributed by atoms with Gasteiger partial charge in [0.1, 0.15) is 5.82 Å². The molecular weight excluding hydrogens is 272 g/mol. The van der Waals surface area contributed by atoms with E-state index in [1.165, 1.54) is 4.57 Å². The molecule has 0 saturated carbocycles. The standard InChI is InChI=1S/C10H18N4O4S/c1-7(2)5-14-8(3-4-11)12-13-10(14)19(17,18)6-9(15)16/h7H,3-6,11H2,1-2H3,(H,15,16). The van der Waals surface area contributed by atoms with E-state index in [9.17, 15) is 13.2 Å². The molecule has 8 nitrogen and oxygen atoms in total. The quantitative estimate of drug-likeness (QED) is 0.679. The van der Waals surface area contributed by atoms with Crippen molar-refractivity contribution in [1.82, 2.24) is 14.8 Å².